The Morgan fingerprint density at radius 3 is 2.63 bits per heavy atom. The Morgan fingerprint density at radius 2 is 1.93 bits per heavy atom. The zero-order valence-corrected chi connectivity index (χ0v) is 18.2. The van der Waals surface area contributed by atoms with Gasteiger partial charge in [0.1, 0.15) is 23.4 Å². The number of ether oxygens (including phenoxy) is 1. The van der Waals surface area contributed by atoms with Crippen molar-refractivity contribution in [3.8, 4) is 5.75 Å². The van der Waals surface area contributed by atoms with E-state index in [0.717, 1.165) is 33.5 Å². The first-order chi connectivity index (χ1) is 14.0. The molecule has 3 heterocycles. The Balaban J connectivity index is 1.85. The molecule has 0 radical (unpaired) electrons. The average Bonchev–Trinajstić information content (AvgIpc) is 3.04. The molecule has 1 saturated heterocycles. The summed E-state index contributed by atoms with van der Waals surface area (Å²) in [7, 11) is 0. The molecule has 2 atom stereocenters. The Kier molecular flexibility index (Phi) is 4.56. The normalized spacial score (nSPS) is 22.8. The molecule has 1 fully saturated rings. The summed E-state index contributed by atoms with van der Waals surface area (Å²) in [5, 5.41) is 6.64. The minimum absolute atomic E-state index is 0.165. The van der Waals surface area contributed by atoms with Crippen molar-refractivity contribution in [1.82, 2.24) is 15.6 Å². The van der Waals surface area contributed by atoms with Crippen LogP contribution in [0.4, 0.5) is 0 Å². The van der Waals surface area contributed by atoms with E-state index in [0.29, 0.717) is 6.42 Å². The Labute approximate surface area is 176 Å². The lowest BCUT2D eigenvalue weighted by Crippen LogP contribution is -2.61. The first kappa shape index (κ1) is 20.3. The molecule has 0 unspecified atom stereocenters. The van der Waals surface area contributed by atoms with Crippen molar-refractivity contribution >= 4 is 28.8 Å². The van der Waals surface area contributed by atoms with E-state index in [-0.39, 0.29) is 22.8 Å². The second kappa shape index (κ2) is 6.76. The van der Waals surface area contributed by atoms with Crippen LogP contribution in [-0.2, 0) is 21.4 Å². The van der Waals surface area contributed by atoms with E-state index in [1.54, 1.807) is 6.92 Å². The minimum atomic E-state index is -0.617. The van der Waals surface area contributed by atoms with Gasteiger partial charge in [0.2, 0.25) is 11.8 Å². The Bertz CT molecular complexity index is 1090. The first-order valence-electron chi connectivity index (χ1n) is 10.3. The molecule has 1 aromatic heterocycles. The van der Waals surface area contributed by atoms with E-state index in [1.807, 2.05) is 38.1 Å². The highest BCUT2D eigenvalue weighted by atomic mass is 16.5. The fourth-order valence-corrected chi connectivity index (χ4v) is 4.13. The summed E-state index contributed by atoms with van der Waals surface area (Å²) in [5.41, 5.74) is 3.24. The van der Waals surface area contributed by atoms with Crippen LogP contribution in [0.3, 0.4) is 0 Å². The molecule has 0 spiro atoms. The monoisotopic (exact) mass is 407 g/mol. The number of benzene rings is 1. The number of H-pyrrole nitrogens is 1. The number of amides is 2. The number of allylic oxidation sites excluding steroid dienone is 1. The number of nitrogens with one attached hydrogen (secondary N) is 3. The van der Waals surface area contributed by atoms with E-state index in [9.17, 15) is 9.59 Å². The number of carbonyl (C=O) groups is 2. The maximum Gasteiger partial charge on any atom is 0.243 e. The maximum atomic E-state index is 12.6. The molecule has 2 aliphatic rings. The van der Waals surface area contributed by atoms with Crippen LogP contribution >= 0.6 is 0 Å². The van der Waals surface area contributed by atoms with Crippen LogP contribution in [0.25, 0.3) is 17.0 Å². The average molecular weight is 408 g/mol. The molecule has 0 saturated carbocycles. The van der Waals surface area contributed by atoms with Crippen molar-refractivity contribution in [2.75, 3.05) is 0 Å². The van der Waals surface area contributed by atoms with Gasteiger partial charge >= 0.3 is 0 Å². The van der Waals surface area contributed by atoms with Crippen LogP contribution < -0.4 is 15.4 Å². The molecule has 2 aromatic rings. The van der Waals surface area contributed by atoms with Crippen molar-refractivity contribution < 1.29 is 14.3 Å². The molecule has 30 heavy (non-hydrogen) atoms. The summed E-state index contributed by atoms with van der Waals surface area (Å²) < 4.78 is 6.13. The Morgan fingerprint density at radius 1 is 1.20 bits per heavy atom. The number of aromatic amines is 1. The van der Waals surface area contributed by atoms with E-state index < -0.39 is 12.1 Å². The topological polar surface area (TPSA) is 83.2 Å². The van der Waals surface area contributed by atoms with Gasteiger partial charge in [0.25, 0.3) is 0 Å². The molecular weight excluding hydrogens is 378 g/mol. The largest absolute Gasteiger partial charge is 0.483 e. The lowest BCUT2D eigenvalue weighted by molar-refractivity contribution is -0.136. The fourth-order valence-electron chi connectivity index (χ4n) is 4.13. The van der Waals surface area contributed by atoms with E-state index in [4.69, 9.17) is 4.74 Å². The molecule has 3 N–H and O–H groups in total. The first-order valence-corrected chi connectivity index (χ1v) is 10.3. The summed E-state index contributed by atoms with van der Waals surface area (Å²) in [6.45, 7) is 13.9. The van der Waals surface area contributed by atoms with Crippen molar-refractivity contribution in [2.24, 2.45) is 0 Å². The summed E-state index contributed by atoms with van der Waals surface area (Å²) >= 11 is 0. The number of fused-ring (bicyclic) bond motifs is 3. The third-order valence-electron chi connectivity index (χ3n) is 6.05. The fraction of sp³-hybridized carbons (Fsp3) is 0.417. The number of rotatable bonds is 4. The van der Waals surface area contributed by atoms with Gasteiger partial charge in [0.15, 0.2) is 0 Å². The number of hydrogen-bond donors (Lipinski definition) is 3. The van der Waals surface area contributed by atoms with Gasteiger partial charge in [-0.05, 0) is 50.6 Å². The molecule has 2 aliphatic heterocycles. The van der Waals surface area contributed by atoms with E-state index in [1.165, 1.54) is 0 Å². The molecule has 4 rings (SSSR count). The second-order valence-electron chi connectivity index (χ2n) is 9.34. The minimum Gasteiger partial charge on any atom is -0.483 e. The van der Waals surface area contributed by atoms with Crippen molar-refractivity contribution in [3.05, 3.63) is 47.7 Å². The lowest BCUT2D eigenvalue weighted by Gasteiger charge is -2.29. The van der Waals surface area contributed by atoms with Gasteiger partial charge in [-0.15, -0.1) is 6.58 Å². The molecule has 2 amide bonds. The van der Waals surface area contributed by atoms with Gasteiger partial charge in [-0.3, -0.25) is 9.59 Å². The van der Waals surface area contributed by atoms with Crippen LogP contribution in [0.2, 0.25) is 0 Å². The van der Waals surface area contributed by atoms with Crippen LogP contribution in [0, 0.1) is 0 Å². The van der Waals surface area contributed by atoms with Gasteiger partial charge in [-0.25, -0.2) is 0 Å². The zero-order chi connectivity index (χ0) is 21.8. The van der Waals surface area contributed by atoms with Gasteiger partial charge in [0.05, 0.1) is 5.52 Å². The van der Waals surface area contributed by atoms with E-state index in [2.05, 4.69) is 42.1 Å². The van der Waals surface area contributed by atoms with Gasteiger partial charge in [-0.1, -0.05) is 19.9 Å². The second-order valence-corrected chi connectivity index (χ2v) is 9.34. The van der Waals surface area contributed by atoms with Crippen molar-refractivity contribution in [3.63, 3.8) is 0 Å². The molecule has 6 nitrogen and oxygen atoms in total. The van der Waals surface area contributed by atoms with Crippen molar-refractivity contribution in [2.45, 2.75) is 64.1 Å². The van der Waals surface area contributed by atoms with Crippen LogP contribution in [-0.4, -0.2) is 34.5 Å². The molecule has 158 valence electrons. The highest BCUT2D eigenvalue weighted by molar-refractivity contribution is 5.98. The predicted molar refractivity (Wildman–Crippen MR) is 119 cm³/mol. The van der Waals surface area contributed by atoms with Gasteiger partial charge in [-0.2, -0.15) is 0 Å². The highest BCUT2D eigenvalue weighted by Crippen LogP contribution is 2.40. The number of carbonyl (C=O) groups excluding carboxylic acids is 2. The molecule has 1 aromatic carbocycles. The number of hydrogen-bond acceptors (Lipinski definition) is 3. The summed E-state index contributed by atoms with van der Waals surface area (Å²) in [5.74, 6) is 0.491. The maximum absolute atomic E-state index is 12.6. The van der Waals surface area contributed by atoms with Crippen LogP contribution in [0.5, 0.6) is 5.75 Å². The predicted octanol–water partition coefficient (Wildman–Crippen LogP) is 3.36. The van der Waals surface area contributed by atoms with Gasteiger partial charge < -0.3 is 20.4 Å². The third-order valence-corrected chi connectivity index (χ3v) is 6.05. The summed E-state index contributed by atoms with van der Waals surface area (Å²) in [6.07, 6.45) is 6.42. The quantitative estimate of drug-likeness (QED) is 0.680. The van der Waals surface area contributed by atoms with Gasteiger partial charge in [0, 0.05) is 28.5 Å². The molecule has 0 aliphatic carbocycles. The molecule has 6 heteroatoms. The highest BCUT2D eigenvalue weighted by Gasteiger charge is 2.34. The van der Waals surface area contributed by atoms with Crippen LogP contribution in [0.15, 0.2) is 30.9 Å². The van der Waals surface area contributed by atoms with Crippen LogP contribution in [0.1, 0.15) is 51.4 Å². The zero-order valence-electron chi connectivity index (χ0n) is 18.2. The smallest absolute Gasteiger partial charge is 0.243 e. The number of piperazine rings is 1. The Hall–Kier alpha value is -3.02. The summed E-state index contributed by atoms with van der Waals surface area (Å²) in [4.78, 5) is 28.3. The SMILES string of the molecule is C=CC(C)(C)c1[nH]c2c3c(ccc2c1C[C@@H]1NC(=O)[C@H](C)NC1=O)OC(C)(C)C=C3. The van der Waals surface area contributed by atoms with Crippen molar-refractivity contribution in [1.29, 1.82) is 0 Å². The number of aromatic nitrogens is 1. The summed E-state index contributed by atoms with van der Waals surface area (Å²) in [6, 6.07) is 2.88. The lowest BCUT2D eigenvalue weighted by atomic mass is 9.84. The molecular formula is C24H29N3O3. The van der Waals surface area contributed by atoms with E-state index >= 15 is 0 Å². The third kappa shape index (κ3) is 3.30. The molecule has 0 bridgehead atoms. The standard InChI is InChI=1S/C24H29N3O3/c1-7-23(3,4)20-16(12-17-22(29)25-13(2)21(28)26-17)14-8-9-18-15(19(14)27-20)10-11-24(5,6)30-18/h7-11,13,17,27H,1,12H2,2-6H3,(H,25,29)(H,26,28)/t13-,17-/m0/s1.